The molecular formula is C18H19N5O2. The first kappa shape index (κ1) is 16.7. The molecule has 1 fully saturated rings. The fourth-order valence-electron chi connectivity index (χ4n) is 2.69. The summed E-state index contributed by atoms with van der Waals surface area (Å²) in [5, 5.41) is 8.83. The maximum Gasteiger partial charge on any atom is 0.253 e. The molecule has 0 atom stereocenters. The first-order chi connectivity index (χ1) is 12.2. The van der Waals surface area contributed by atoms with Crippen LogP contribution in [0.25, 0.3) is 0 Å². The van der Waals surface area contributed by atoms with Crippen LogP contribution in [0.2, 0.25) is 0 Å². The molecule has 0 radical (unpaired) electrons. The fourth-order valence-corrected chi connectivity index (χ4v) is 2.69. The van der Waals surface area contributed by atoms with E-state index in [4.69, 9.17) is 10.00 Å². The van der Waals surface area contributed by atoms with Gasteiger partial charge < -0.3 is 14.5 Å². The minimum atomic E-state index is -0.0203. The van der Waals surface area contributed by atoms with Gasteiger partial charge in [0, 0.05) is 44.0 Å². The van der Waals surface area contributed by atoms with Gasteiger partial charge in [-0.05, 0) is 31.2 Å². The number of nitrogens with zero attached hydrogens (tertiary/aromatic N) is 5. The first-order valence-electron chi connectivity index (χ1n) is 8.21. The summed E-state index contributed by atoms with van der Waals surface area (Å²) < 4.78 is 5.41. The maximum atomic E-state index is 12.6. The Kier molecular flexibility index (Phi) is 5.09. The summed E-state index contributed by atoms with van der Waals surface area (Å²) in [5.74, 6) is 1.16. The van der Waals surface area contributed by atoms with Crippen molar-refractivity contribution < 1.29 is 9.53 Å². The topological polar surface area (TPSA) is 82.4 Å². The highest BCUT2D eigenvalue weighted by Gasteiger charge is 2.23. The minimum absolute atomic E-state index is 0.0203. The van der Waals surface area contributed by atoms with Crippen LogP contribution in [0.15, 0.2) is 36.5 Å². The lowest BCUT2D eigenvalue weighted by molar-refractivity contribution is 0.0746. The number of benzene rings is 1. The van der Waals surface area contributed by atoms with Crippen LogP contribution in [0.3, 0.4) is 0 Å². The Morgan fingerprint density at radius 3 is 2.56 bits per heavy atom. The van der Waals surface area contributed by atoms with Crippen molar-refractivity contribution in [2.24, 2.45) is 0 Å². The quantitative estimate of drug-likeness (QED) is 0.845. The molecule has 0 aliphatic carbocycles. The van der Waals surface area contributed by atoms with Gasteiger partial charge in [-0.2, -0.15) is 10.2 Å². The van der Waals surface area contributed by atoms with Gasteiger partial charge >= 0.3 is 0 Å². The summed E-state index contributed by atoms with van der Waals surface area (Å²) >= 11 is 0. The third kappa shape index (κ3) is 3.86. The molecule has 1 amide bonds. The zero-order chi connectivity index (χ0) is 17.6. The van der Waals surface area contributed by atoms with E-state index in [1.165, 1.54) is 0 Å². The highest BCUT2D eigenvalue weighted by atomic mass is 16.5. The van der Waals surface area contributed by atoms with E-state index >= 15 is 0 Å². The third-order valence-electron chi connectivity index (χ3n) is 4.02. The number of carbonyl (C=O) groups excluding carboxylic acids is 1. The zero-order valence-electron chi connectivity index (χ0n) is 14.1. The molecule has 128 valence electrons. The minimum Gasteiger partial charge on any atom is -0.478 e. The van der Waals surface area contributed by atoms with Crippen LogP contribution in [-0.4, -0.2) is 53.6 Å². The van der Waals surface area contributed by atoms with Crippen LogP contribution in [0.5, 0.6) is 5.88 Å². The molecule has 0 spiro atoms. The number of amides is 1. The highest BCUT2D eigenvalue weighted by Crippen LogP contribution is 2.16. The van der Waals surface area contributed by atoms with Gasteiger partial charge in [0.25, 0.3) is 5.91 Å². The number of hydrogen-bond acceptors (Lipinski definition) is 6. The highest BCUT2D eigenvalue weighted by molar-refractivity contribution is 5.94. The second-order valence-electron chi connectivity index (χ2n) is 5.60. The monoisotopic (exact) mass is 337 g/mol. The molecule has 2 heterocycles. The van der Waals surface area contributed by atoms with E-state index in [9.17, 15) is 4.79 Å². The van der Waals surface area contributed by atoms with Crippen molar-refractivity contribution in [2.75, 3.05) is 37.7 Å². The SMILES string of the molecule is CCOc1ccnc(N2CCN(C(=O)c3ccc(C#N)cc3)CC2)n1. The Morgan fingerprint density at radius 2 is 1.92 bits per heavy atom. The van der Waals surface area contributed by atoms with E-state index in [1.807, 2.05) is 16.7 Å². The standard InChI is InChI=1S/C18H19N5O2/c1-2-25-16-7-8-20-18(21-16)23-11-9-22(10-12-23)17(24)15-5-3-14(13-19)4-6-15/h3-8H,2,9-12H2,1H3. The molecule has 0 saturated carbocycles. The van der Waals surface area contributed by atoms with Gasteiger partial charge in [-0.1, -0.05) is 0 Å². The normalized spacial score (nSPS) is 14.1. The zero-order valence-corrected chi connectivity index (χ0v) is 14.1. The predicted octanol–water partition coefficient (Wildman–Crippen LogP) is 1.71. The third-order valence-corrected chi connectivity index (χ3v) is 4.02. The van der Waals surface area contributed by atoms with Crippen molar-refractivity contribution in [2.45, 2.75) is 6.92 Å². The number of rotatable bonds is 4. The van der Waals surface area contributed by atoms with Crippen LogP contribution in [0.1, 0.15) is 22.8 Å². The average molecular weight is 337 g/mol. The van der Waals surface area contributed by atoms with Gasteiger partial charge in [-0.15, -0.1) is 0 Å². The molecule has 7 nitrogen and oxygen atoms in total. The lowest BCUT2D eigenvalue weighted by atomic mass is 10.1. The summed E-state index contributed by atoms with van der Waals surface area (Å²) in [6.45, 7) is 5.00. The van der Waals surface area contributed by atoms with Gasteiger partial charge in [0.1, 0.15) is 0 Å². The molecule has 3 rings (SSSR count). The summed E-state index contributed by atoms with van der Waals surface area (Å²) in [6, 6.07) is 10.5. The van der Waals surface area contributed by atoms with E-state index in [0.29, 0.717) is 55.7 Å². The Bertz CT molecular complexity index is 777. The number of nitriles is 1. The van der Waals surface area contributed by atoms with E-state index in [0.717, 1.165) is 0 Å². The second kappa shape index (κ2) is 7.62. The van der Waals surface area contributed by atoms with Crippen molar-refractivity contribution in [1.29, 1.82) is 5.26 Å². The number of carbonyl (C=O) groups is 1. The van der Waals surface area contributed by atoms with Crippen LogP contribution in [0.4, 0.5) is 5.95 Å². The lowest BCUT2D eigenvalue weighted by Crippen LogP contribution is -2.49. The molecule has 0 N–H and O–H groups in total. The molecule has 1 aromatic heterocycles. The van der Waals surface area contributed by atoms with Crippen molar-refractivity contribution in [1.82, 2.24) is 14.9 Å². The van der Waals surface area contributed by atoms with Gasteiger partial charge in [0.15, 0.2) is 0 Å². The Hall–Kier alpha value is -3.14. The summed E-state index contributed by atoms with van der Waals surface area (Å²) in [7, 11) is 0. The van der Waals surface area contributed by atoms with Crippen LogP contribution >= 0.6 is 0 Å². The number of anilines is 1. The summed E-state index contributed by atoms with van der Waals surface area (Å²) in [4.78, 5) is 25.1. The molecule has 0 unspecified atom stereocenters. The number of piperazine rings is 1. The maximum absolute atomic E-state index is 12.6. The second-order valence-corrected chi connectivity index (χ2v) is 5.60. The number of hydrogen-bond donors (Lipinski definition) is 0. The Labute approximate surface area is 146 Å². The van der Waals surface area contributed by atoms with Crippen molar-refractivity contribution in [3.63, 3.8) is 0 Å². The van der Waals surface area contributed by atoms with Gasteiger partial charge in [-0.3, -0.25) is 4.79 Å². The smallest absolute Gasteiger partial charge is 0.253 e. The molecule has 0 bridgehead atoms. The Morgan fingerprint density at radius 1 is 1.20 bits per heavy atom. The average Bonchev–Trinajstić information content (AvgIpc) is 2.68. The fraction of sp³-hybridized carbons (Fsp3) is 0.333. The largest absolute Gasteiger partial charge is 0.478 e. The van der Waals surface area contributed by atoms with Gasteiger partial charge in [0.05, 0.1) is 18.2 Å². The number of aromatic nitrogens is 2. The summed E-state index contributed by atoms with van der Waals surface area (Å²) in [5.41, 5.74) is 1.15. The predicted molar refractivity (Wildman–Crippen MR) is 92.5 cm³/mol. The van der Waals surface area contributed by atoms with Crippen molar-refractivity contribution in [3.8, 4) is 11.9 Å². The van der Waals surface area contributed by atoms with Gasteiger partial charge in [0.2, 0.25) is 11.8 Å². The van der Waals surface area contributed by atoms with Gasteiger partial charge in [-0.25, -0.2) is 4.98 Å². The molecule has 25 heavy (non-hydrogen) atoms. The molecular weight excluding hydrogens is 318 g/mol. The number of ether oxygens (including phenoxy) is 1. The molecule has 1 aliphatic heterocycles. The summed E-state index contributed by atoms with van der Waals surface area (Å²) in [6.07, 6.45) is 1.68. The van der Waals surface area contributed by atoms with Crippen LogP contribution in [-0.2, 0) is 0 Å². The van der Waals surface area contributed by atoms with E-state index in [1.54, 1.807) is 36.5 Å². The van der Waals surface area contributed by atoms with Crippen molar-refractivity contribution in [3.05, 3.63) is 47.7 Å². The van der Waals surface area contributed by atoms with Crippen LogP contribution in [0, 0.1) is 11.3 Å². The van der Waals surface area contributed by atoms with Crippen LogP contribution < -0.4 is 9.64 Å². The lowest BCUT2D eigenvalue weighted by Gasteiger charge is -2.34. The first-order valence-corrected chi connectivity index (χ1v) is 8.21. The Balaban J connectivity index is 1.62. The van der Waals surface area contributed by atoms with E-state index in [2.05, 4.69) is 16.0 Å². The molecule has 7 heteroatoms. The van der Waals surface area contributed by atoms with E-state index < -0.39 is 0 Å². The molecule has 1 aromatic carbocycles. The van der Waals surface area contributed by atoms with E-state index in [-0.39, 0.29) is 5.91 Å². The molecule has 1 saturated heterocycles. The molecule has 1 aliphatic rings. The molecule has 2 aromatic rings. The van der Waals surface area contributed by atoms with Crippen molar-refractivity contribution >= 4 is 11.9 Å².